The van der Waals surface area contributed by atoms with Crippen LogP contribution in [0.25, 0.3) is 0 Å². The molecule has 0 spiro atoms. The molecule has 2 N–H and O–H groups in total. The Hall–Kier alpha value is -2.28. The molecule has 0 fully saturated rings. The summed E-state index contributed by atoms with van der Waals surface area (Å²) in [4.78, 5) is 33.2. The number of hydrogen-bond donors (Lipinski definition) is 2. The van der Waals surface area contributed by atoms with Crippen molar-refractivity contribution in [1.29, 1.82) is 0 Å². The Kier molecular flexibility index (Phi) is 6.64. The molecular weight excluding hydrogens is 336 g/mol. The van der Waals surface area contributed by atoms with Crippen molar-refractivity contribution in [1.82, 2.24) is 9.97 Å². The van der Waals surface area contributed by atoms with Gasteiger partial charge in [0.15, 0.2) is 5.16 Å². The van der Waals surface area contributed by atoms with Crippen molar-refractivity contribution in [2.45, 2.75) is 37.1 Å². The van der Waals surface area contributed by atoms with E-state index in [0.29, 0.717) is 5.16 Å². The zero-order valence-electron chi connectivity index (χ0n) is 15.0. The average Bonchev–Trinajstić information content (AvgIpc) is 2.55. The quantitative estimate of drug-likeness (QED) is 0.586. The molecule has 1 atom stereocenters. The van der Waals surface area contributed by atoms with Gasteiger partial charge in [-0.3, -0.25) is 9.59 Å². The summed E-state index contributed by atoms with van der Waals surface area (Å²) < 4.78 is 0. The molecule has 0 saturated carbocycles. The summed E-state index contributed by atoms with van der Waals surface area (Å²) in [5.74, 6) is -0.133. The Bertz CT molecular complexity index is 771. The molecule has 0 bridgehead atoms. The molecule has 0 radical (unpaired) electrons. The topological polar surface area (TPSA) is 78.1 Å². The van der Waals surface area contributed by atoms with Crippen molar-refractivity contribution in [2.75, 3.05) is 24.3 Å². The molecule has 6 nitrogen and oxygen atoms in total. The summed E-state index contributed by atoms with van der Waals surface area (Å²) in [6.07, 6.45) is 1.66. The zero-order valence-corrected chi connectivity index (χ0v) is 15.8. The van der Waals surface area contributed by atoms with E-state index in [1.54, 1.807) is 6.92 Å². The summed E-state index contributed by atoms with van der Waals surface area (Å²) >= 11 is 1.25. The Balaban J connectivity index is 2.01. The smallest absolute Gasteiger partial charge is 0.251 e. The monoisotopic (exact) mass is 360 g/mol. The number of aromatic amines is 1. The third-order valence-corrected chi connectivity index (χ3v) is 4.57. The van der Waals surface area contributed by atoms with Crippen molar-refractivity contribution in [3.63, 3.8) is 0 Å². The number of rotatable bonds is 7. The highest BCUT2D eigenvalue weighted by atomic mass is 32.2. The van der Waals surface area contributed by atoms with Gasteiger partial charge in [0.1, 0.15) is 0 Å². The van der Waals surface area contributed by atoms with Gasteiger partial charge in [0.05, 0.1) is 5.25 Å². The predicted molar refractivity (Wildman–Crippen MR) is 104 cm³/mol. The summed E-state index contributed by atoms with van der Waals surface area (Å²) in [6, 6.07) is 9.13. The largest absolute Gasteiger partial charge is 0.378 e. The molecule has 0 aliphatic rings. The van der Waals surface area contributed by atoms with Crippen LogP contribution in [0.3, 0.4) is 0 Å². The number of carbonyl (C=O) groups excluding carboxylic acids is 1. The molecule has 2 aromatic rings. The van der Waals surface area contributed by atoms with Crippen LogP contribution in [0.5, 0.6) is 0 Å². The van der Waals surface area contributed by atoms with Gasteiger partial charge in [-0.1, -0.05) is 25.1 Å². The van der Waals surface area contributed by atoms with E-state index in [0.717, 1.165) is 29.9 Å². The van der Waals surface area contributed by atoms with E-state index in [4.69, 9.17) is 0 Å². The second-order valence-corrected chi connectivity index (χ2v) is 7.31. The maximum absolute atomic E-state index is 12.4. The van der Waals surface area contributed by atoms with Crippen LogP contribution in [0.4, 0.5) is 11.4 Å². The van der Waals surface area contributed by atoms with Crippen molar-refractivity contribution in [3.05, 3.63) is 46.4 Å². The van der Waals surface area contributed by atoms with Gasteiger partial charge >= 0.3 is 0 Å². The van der Waals surface area contributed by atoms with Gasteiger partial charge in [0.25, 0.3) is 5.56 Å². The van der Waals surface area contributed by atoms with Gasteiger partial charge in [0.2, 0.25) is 5.91 Å². The van der Waals surface area contributed by atoms with Crippen molar-refractivity contribution >= 4 is 29.0 Å². The van der Waals surface area contributed by atoms with E-state index >= 15 is 0 Å². The predicted octanol–water partition coefficient (Wildman–Crippen LogP) is 2.91. The minimum atomic E-state index is -0.381. The molecule has 7 heteroatoms. The van der Waals surface area contributed by atoms with Gasteiger partial charge in [-0.05, 0) is 37.6 Å². The lowest BCUT2D eigenvalue weighted by molar-refractivity contribution is -0.115. The fourth-order valence-corrected chi connectivity index (χ4v) is 3.06. The van der Waals surface area contributed by atoms with Crippen LogP contribution in [-0.4, -0.2) is 35.2 Å². The van der Waals surface area contributed by atoms with Crippen LogP contribution in [0.1, 0.15) is 26.0 Å². The zero-order chi connectivity index (χ0) is 18.4. The number of benzene rings is 1. The van der Waals surface area contributed by atoms with Gasteiger partial charge in [-0.15, -0.1) is 0 Å². The molecule has 0 aliphatic carbocycles. The number of nitrogens with zero attached hydrogens (tertiary/aromatic N) is 2. The lowest BCUT2D eigenvalue weighted by Gasteiger charge is -2.14. The van der Waals surface area contributed by atoms with Crippen molar-refractivity contribution in [3.8, 4) is 0 Å². The first-order chi connectivity index (χ1) is 11.9. The molecule has 0 aliphatic heterocycles. The number of thioether (sulfide) groups is 1. The average molecular weight is 360 g/mol. The molecule has 1 unspecified atom stereocenters. The first-order valence-electron chi connectivity index (χ1n) is 8.24. The number of carbonyl (C=O) groups is 1. The number of anilines is 2. The van der Waals surface area contributed by atoms with E-state index in [2.05, 4.69) is 15.3 Å². The van der Waals surface area contributed by atoms with Crippen LogP contribution in [-0.2, 0) is 11.2 Å². The first kappa shape index (κ1) is 19.1. The fourth-order valence-electron chi connectivity index (χ4n) is 2.23. The molecule has 25 heavy (non-hydrogen) atoms. The van der Waals surface area contributed by atoms with Gasteiger partial charge in [-0.2, -0.15) is 0 Å². The van der Waals surface area contributed by atoms with Crippen LogP contribution >= 0.6 is 11.8 Å². The third-order valence-electron chi connectivity index (χ3n) is 3.59. The summed E-state index contributed by atoms with van der Waals surface area (Å²) in [5.41, 5.74) is 2.37. The maximum Gasteiger partial charge on any atom is 0.251 e. The second-order valence-electron chi connectivity index (χ2n) is 5.98. The van der Waals surface area contributed by atoms with Crippen molar-refractivity contribution < 1.29 is 4.79 Å². The Morgan fingerprint density at radius 1 is 1.32 bits per heavy atom. The fraction of sp³-hybridized carbons (Fsp3) is 0.389. The Morgan fingerprint density at radius 3 is 2.60 bits per heavy atom. The molecule has 0 saturated heterocycles. The summed E-state index contributed by atoms with van der Waals surface area (Å²) in [6.45, 7) is 3.83. The number of nitrogens with one attached hydrogen (secondary N) is 2. The third kappa shape index (κ3) is 5.63. The second kappa shape index (κ2) is 8.71. The van der Waals surface area contributed by atoms with Crippen LogP contribution in [0.15, 0.2) is 40.3 Å². The SMILES string of the molecule is CCCc1cc(=O)[nH]c(SC(C)C(=O)Nc2ccc(N(C)C)cc2)n1. The number of aryl methyl sites for hydroxylation is 1. The lowest BCUT2D eigenvalue weighted by atomic mass is 10.2. The minimum absolute atomic E-state index is 0.133. The highest BCUT2D eigenvalue weighted by molar-refractivity contribution is 8.00. The van der Waals surface area contributed by atoms with E-state index in [1.807, 2.05) is 50.2 Å². The summed E-state index contributed by atoms with van der Waals surface area (Å²) in [5, 5.41) is 2.98. The highest BCUT2D eigenvalue weighted by Crippen LogP contribution is 2.21. The molecule has 1 heterocycles. The van der Waals surface area contributed by atoms with E-state index in [1.165, 1.54) is 17.8 Å². The van der Waals surface area contributed by atoms with Crippen molar-refractivity contribution in [2.24, 2.45) is 0 Å². The lowest BCUT2D eigenvalue weighted by Crippen LogP contribution is -2.23. The number of aromatic nitrogens is 2. The normalized spacial score (nSPS) is 11.8. The number of H-pyrrole nitrogens is 1. The molecule has 1 aromatic heterocycles. The Labute approximate surface area is 152 Å². The standard InChI is InChI=1S/C18H24N4O2S/c1-5-6-14-11-16(23)21-18(20-14)25-12(2)17(24)19-13-7-9-15(10-8-13)22(3)4/h7-12H,5-6H2,1-4H3,(H,19,24)(H,20,21,23). The summed E-state index contributed by atoms with van der Waals surface area (Å²) in [7, 11) is 3.93. The molecule has 2 rings (SSSR count). The first-order valence-corrected chi connectivity index (χ1v) is 9.12. The van der Waals surface area contributed by atoms with E-state index in [-0.39, 0.29) is 16.7 Å². The van der Waals surface area contributed by atoms with Crippen LogP contribution in [0.2, 0.25) is 0 Å². The minimum Gasteiger partial charge on any atom is -0.378 e. The van der Waals surface area contributed by atoms with Crippen LogP contribution < -0.4 is 15.8 Å². The number of hydrogen-bond acceptors (Lipinski definition) is 5. The molecule has 134 valence electrons. The van der Waals surface area contributed by atoms with Gasteiger partial charge in [-0.25, -0.2) is 4.98 Å². The van der Waals surface area contributed by atoms with Gasteiger partial charge in [0, 0.05) is 37.2 Å². The number of amides is 1. The van der Waals surface area contributed by atoms with Gasteiger partial charge < -0.3 is 15.2 Å². The molecular formula is C18H24N4O2S. The van der Waals surface area contributed by atoms with Crippen LogP contribution in [0, 0.1) is 0 Å². The van der Waals surface area contributed by atoms with E-state index in [9.17, 15) is 9.59 Å². The molecule has 1 aromatic carbocycles. The highest BCUT2D eigenvalue weighted by Gasteiger charge is 2.16. The Morgan fingerprint density at radius 2 is 2.00 bits per heavy atom. The molecule has 1 amide bonds. The maximum atomic E-state index is 12.4. The van der Waals surface area contributed by atoms with E-state index < -0.39 is 0 Å².